The topological polar surface area (TPSA) is 12.5 Å². The van der Waals surface area contributed by atoms with E-state index in [2.05, 4.69) is 32.7 Å². The van der Waals surface area contributed by atoms with Crippen LogP contribution in [0.1, 0.15) is 46.5 Å². The maximum absolute atomic E-state index is 6.05. The lowest BCUT2D eigenvalue weighted by Gasteiger charge is -2.52. The molecule has 2 rings (SSSR count). The number of hydrogen-bond acceptors (Lipinski definition) is 2. The number of likely N-dealkylation sites (tertiary alicyclic amines) is 1. The van der Waals surface area contributed by atoms with E-state index in [9.17, 15) is 0 Å². The summed E-state index contributed by atoms with van der Waals surface area (Å²) >= 11 is 0. The molecule has 2 heteroatoms. The van der Waals surface area contributed by atoms with E-state index in [1.54, 1.807) is 0 Å². The predicted octanol–water partition coefficient (Wildman–Crippen LogP) is 2.68. The van der Waals surface area contributed by atoms with Gasteiger partial charge in [-0.1, -0.05) is 0 Å². The molecule has 2 aliphatic rings. The van der Waals surface area contributed by atoms with Gasteiger partial charge >= 0.3 is 0 Å². The zero-order chi connectivity index (χ0) is 11.1. The first-order valence-corrected chi connectivity index (χ1v) is 6.25. The van der Waals surface area contributed by atoms with Gasteiger partial charge in [0.2, 0.25) is 0 Å². The van der Waals surface area contributed by atoms with E-state index in [-0.39, 0.29) is 5.60 Å². The SMILES string of the molecule is CN1CC2(CCC(OC(C)(C)C)CC2)C1. The van der Waals surface area contributed by atoms with Crippen molar-refractivity contribution >= 4 is 0 Å². The van der Waals surface area contributed by atoms with Crippen LogP contribution in [0.2, 0.25) is 0 Å². The van der Waals surface area contributed by atoms with Gasteiger partial charge < -0.3 is 9.64 Å². The Morgan fingerprint density at radius 1 is 1.13 bits per heavy atom. The molecule has 0 aromatic carbocycles. The second kappa shape index (κ2) is 3.74. The maximum atomic E-state index is 6.05. The molecule has 1 aliphatic carbocycles. The fourth-order valence-corrected chi connectivity index (χ4v) is 3.24. The molecule has 2 fully saturated rings. The molecule has 0 unspecified atom stereocenters. The summed E-state index contributed by atoms with van der Waals surface area (Å²) in [6, 6.07) is 0. The molecule has 1 saturated heterocycles. The lowest BCUT2D eigenvalue weighted by molar-refractivity contribution is -0.109. The van der Waals surface area contributed by atoms with Gasteiger partial charge in [0.15, 0.2) is 0 Å². The van der Waals surface area contributed by atoms with E-state index < -0.39 is 0 Å². The average molecular weight is 211 g/mol. The predicted molar refractivity (Wildman–Crippen MR) is 63.0 cm³/mol. The van der Waals surface area contributed by atoms with E-state index in [4.69, 9.17) is 4.74 Å². The van der Waals surface area contributed by atoms with E-state index >= 15 is 0 Å². The summed E-state index contributed by atoms with van der Waals surface area (Å²) in [5.41, 5.74) is 0.706. The van der Waals surface area contributed by atoms with E-state index in [0.29, 0.717) is 11.5 Å². The number of nitrogens with zero attached hydrogens (tertiary/aromatic N) is 1. The normalized spacial score (nSPS) is 28.0. The van der Waals surface area contributed by atoms with Crippen molar-refractivity contribution in [2.24, 2.45) is 5.41 Å². The highest BCUT2D eigenvalue weighted by Gasteiger charge is 2.43. The summed E-state index contributed by atoms with van der Waals surface area (Å²) in [5, 5.41) is 0. The first-order chi connectivity index (χ1) is 6.89. The Morgan fingerprint density at radius 3 is 2.07 bits per heavy atom. The molecular weight excluding hydrogens is 186 g/mol. The molecule has 0 bridgehead atoms. The van der Waals surface area contributed by atoms with Crippen LogP contribution in [-0.4, -0.2) is 36.7 Å². The van der Waals surface area contributed by atoms with Crippen molar-refractivity contribution in [3.63, 3.8) is 0 Å². The van der Waals surface area contributed by atoms with Crippen LogP contribution in [0.15, 0.2) is 0 Å². The van der Waals surface area contributed by atoms with Gasteiger partial charge in [0.1, 0.15) is 0 Å². The third kappa shape index (κ3) is 2.73. The minimum absolute atomic E-state index is 0.0333. The summed E-state index contributed by atoms with van der Waals surface area (Å²) < 4.78 is 6.05. The van der Waals surface area contributed by atoms with Crippen LogP contribution in [0.3, 0.4) is 0 Å². The highest BCUT2D eigenvalue weighted by atomic mass is 16.5. The Labute approximate surface area is 94.0 Å². The lowest BCUT2D eigenvalue weighted by atomic mass is 9.68. The summed E-state index contributed by atoms with van der Waals surface area (Å²) in [7, 11) is 2.23. The van der Waals surface area contributed by atoms with Crippen molar-refractivity contribution in [3.8, 4) is 0 Å². The van der Waals surface area contributed by atoms with Crippen LogP contribution >= 0.6 is 0 Å². The highest BCUT2D eigenvalue weighted by Crippen LogP contribution is 2.44. The largest absolute Gasteiger partial charge is 0.373 e. The molecule has 1 aliphatic heterocycles. The van der Waals surface area contributed by atoms with Crippen molar-refractivity contribution in [1.82, 2.24) is 4.90 Å². The van der Waals surface area contributed by atoms with Gasteiger partial charge in [-0.2, -0.15) is 0 Å². The van der Waals surface area contributed by atoms with Crippen molar-refractivity contribution < 1.29 is 4.74 Å². The van der Waals surface area contributed by atoms with Gasteiger partial charge in [0.25, 0.3) is 0 Å². The molecule has 0 atom stereocenters. The van der Waals surface area contributed by atoms with Gasteiger partial charge in [0, 0.05) is 13.1 Å². The number of hydrogen-bond donors (Lipinski definition) is 0. The second-order valence-corrected chi connectivity index (χ2v) is 6.60. The molecule has 1 heterocycles. The molecule has 0 aromatic heterocycles. The lowest BCUT2D eigenvalue weighted by Crippen LogP contribution is -2.56. The maximum Gasteiger partial charge on any atom is 0.0602 e. The number of ether oxygens (including phenoxy) is 1. The van der Waals surface area contributed by atoms with Crippen LogP contribution in [0.25, 0.3) is 0 Å². The third-order valence-electron chi connectivity index (χ3n) is 3.72. The van der Waals surface area contributed by atoms with Gasteiger partial charge in [-0.3, -0.25) is 0 Å². The van der Waals surface area contributed by atoms with E-state index in [0.717, 1.165) is 0 Å². The Balaban J connectivity index is 1.78. The zero-order valence-electron chi connectivity index (χ0n) is 10.7. The quantitative estimate of drug-likeness (QED) is 0.661. The fourth-order valence-electron chi connectivity index (χ4n) is 3.24. The first kappa shape index (κ1) is 11.4. The summed E-state index contributed by atoms with van der Waals surface area (Å²) in [6.45, 7) is 9.11. The molecule has 1 spiro atoms. The molecule has 0 N–H and O–H groups in total. The Bertz CT molecular complexity index is 215. The molecular formula is C13H25NO. The molecule has 15 heavy (non-hydrogen) atoms. The minimum atomic E-state index is 0.0333. The zero-order valence-corrected chi connectivity index (χ0v) is 10.7. The molecule has 0 radical (unpaired) electrons. The van der Waals surface area contributed by atoms with Gasteiger partial charge in [0.05, 0.1) is 11.7 Å². The van der Waals surface area contributed by atoms with Gasteiger partial charge in [-0.05, 0) is 58.9 Å². The average Bonchev–Trinajstić information content (AvgIpc) is 2.04. The molecule has 2 nitrogen and oxygen atoms in total. The highest BCUT2D eigenvalue weighted by molar-refractivity contribution is 4.97. The molecule has 0 aromatic rings. The Kier molecular flexibility index (Phi) is 2.85. The second-order valence-electron chi connectivity index (χ2n) is 6.60. The van der Waals surface area contributed by atoms with Crippen LogP contribution in [0.5, 0.6) is 0 Å². The fraction of sp³-hybridized carbons (Fsp3) is 1.00. The van der Waals surface area contributed by atoms with Gasteiger partial charge in [-0.25, -0.2) is 0 Å². The van der Waals surface area contributed by atoms with Crippen LogP contribution in [-0.2, 0) is 4.74 Å². The standard InChI is InChI=1S/C13H25NO/c1-12(2,3)15-11-5-7-13(8-6-11)9-14(4)10-13/h11H,5-10H2,1-4H3. The number of rotatable bonds is 1. The van der Waals surface area contributed by atoms with Gasteiger partial charge in [-0.15, -0.1) is 0 Å². The van der Waals surface area contributed by atoms with Crippen LogP contribution in [0, 0.1) is 5.41 Å². The molecule has 1 saturated carbocycles. The summed E-state index contributed by atoms with van der Waals surface area (Å²) in [5.74, 6) is 0. The first-order valence-electron chi connectivity index (χ1n) is 6.25. The molecule has 88 valence electrons. The Hall–Kier alpha value is -0.0800. The third-order valence-corrected chi connectivity index (χ3v) is 3.72. The van der Waals surface area contributed by atoms with Crippen LogP contribution in [0.4, 0.5) is 0 Å². The monoisotopic (exact) mass is 211 g/mol. The van der Waals surface area contributed by atoms with Crippen LogP contribution < -0.4 is 0 Å². The van der Waals surface area contributed by atoms with Crippen molar-refractivity contribution in [1.29, 1.82) is 0 Å². The summed E-state index contributed by atoms with van der Waals surface area (Å²) in [6.07, 6.45) is 5.80. The van der Waals surface area contributed by atoms with Crippen molar-refractivity contribution in [2.75, 3.05) is 20.1 Å². The Morgan fingerprint density at radius 2 is 1.67 bits per heavy atom. The minimum Gasteiger partial charge on any atom is -0.373 e. The van der Waals surface area contributed by atoms with E-state index in [1.807, 2.05) is 0 Å². The molecule has 0 amide bonds. The summed E-state index contributed by atoms with van der Waals surface area (Å²) in [4.78, 5) is 2.44. The van der Waals surface area contributed by atoms with Crippen molar-refractivity contribution in [3.05, 3.63) is 0 Å². The smallest absolute Gasteiger partial charge is 0.0602 e. The van der Waals surface area contributed by atoms with E-state index in [1.165, 1.54) is 38.8 Å². The van der Waals surface area contributed by atoms with Crippen molar-refractivity contribution in [2.45, 2.75) is 58.2 Å².